The number of ether oxygens (including phenoxy) is 1. The van der Waals surface area contributed by atoms with Crippen molar-refractivity contribution < 1.29 is 19.2 Å². The smallest absolute Gasteiger partial charge is 0.227 e. The normalized spacial score (nSPS) is 23.2. The van der Waals surface area contributed by atoms with Gasteiger partial charge < -0.3 is 19.7 Å². The molecule has 2 atom stereocenters. The molecule has 30 heavy (non-hydrogen) atoms. The molecule has 1 saturated carbocycles. The average Bonchev–Trinajstić information content (AvgIpc) is 3.15. The highest BCUT2D eigenvalue weighted by Crippen LogP contribution is 2.43. The average molecular weight is 416 g/mol. The number of amides is 1. The Morgan fingerprint density at radius 3 is 2.67 bits per heavy atom. The van der Waals surface area contributed by atoms with Crippen molar-refractivity contribution in [1.29, 1.82) is 0 Å². The molecule has 1 heterocycles. The van der Waals surface area contributed by atoms with E-state index in [1.165, 1.54) is 0 Å². The summed E-state index contributed by atoms with van der Waals surface area (Å²) in [5, 5.41) is 17.2. The van der Waals surface area contributed by atoms with Crippen LogP contribution >= 0.6 is 0 Å². The van der Waals surface area contributed by atoms with Gasteiger partial charge in [-0.3, -0.25) is 4.79 Å². The molecule has 3 rings (SSSR count). The van der Waals surface area contributed by atoms with E-state index in [0.29, 0.717) is 30.7 Å². The van der Waals surface area contributed by atoms with Crippen molar-refractivity contribution in [3.63, 3.8) is 0 Å². The molecule has 0 unspecified atom stereocenters. The van der Waals surface area contributed by atoms with Crippen molar-refractivity contribution in [2.75, 3.05) is 13.2 Å². The van der Waals surface area contributed by atoms with E-state index in [1.54, 1.807) is 0 Å². The van der Waals surface area contributed by atoms with Crippen LogP contribution in [0.5, 0.6) is 5.75 Å². The third-order valence-corrected chi connectivity index (χ3v) is 5.62. The molecule has 0 spiro atoms. The molecule has 0 radical (unpaired) electrons. The van der Waals surface area contributed by atoms with Gasteiger partial charge in [0.1, 0.15) is 5.75 Å². The second-order valence-corrected chi connectivity index (χ2v) is 9.31. The minimum atomic E-state index is -0.555. The zero-order chi connectivity index (χ0) is 21.8. The summed E-state index contributed by atoms with van der Waals surface area (Å²) in [6, 6.07) is 7.49. The summed E-state index contributed by atoms with van der Waals surface area (Å²) in [4.78, 5) is 17.0. The molecule has 1 aliphatic rings. The summed E-state index contributed by atoms with van der Waals surface area (Å²) < 4.78 is 10.8. The maximum atomic E-state index is 12.6. The van der Waals surface area contributed by atoms with Crippen LogP contribution in [0.3, 0.4) is 0 Å². The first-order valence-electron chi connectivity index (χ1n) is 10.7. The van der Waals surface area contributed by atoms with Crippen molar-refractivity contribution in [2.45, 2.75) is 65.3 Å². The molecule has 0 saturated heterocycles. The molecule has 7 heteroatoms. The van der Waals surface area contributed by atoms with Gasteiger partial charge in [0.05, 0.1) is 18.8 Å². The lowest BCUT2D eigenvalue weighted by Gasteiger charge is -2.47. The molecule has 1 fully saturated rings. The molecule has 7 nitrogen and oxygen atoms in total. The van der Waals surface area contributed by atoms with Gasteiger partial charge in [-0.25, -0.2) is 0 Å². The molecular weight excluding hydrogens is 382 g/mol. The highest BCUT2D eigenvalue weighted by molar-refractivity contribution is 5.77. The van der Waals surface area contributed by atoms with Crippen LogP contribution in [0.4, 0.5) is 0 Å². The molecule has 164 valence electrons. The molecule has 1 aliphatic carbocycles. The van der Waals surface area contributed by atoms with Crippen molar-refractivity contribution >= 4 is 5.91 Å². The molecule has 2 N–H and O–H groups in total. The van der Waals surface area contributed by atoms with E-state index in [4.69, 9.17) is 9.26 Å². The number of nitrogens with one attached hydrogen (secondary N) is 1. The molecule has 0 aliphatic heterocycles. The predicted molar refractivity (Wildman–Crippen MR) is 114 cm³/mol. The lowest BCUT2D eigenvalue weighted by atomic mass is 9.64. The maximum absolute atomic E-state index is 12.6. The number of carbonyl (C=O) groups excluding carboxylic acids is 1. The number of aliphatic hydroxyl groups excluding tert-OH is 1. The van der Waals surface area contributed by atoms with E-state index >= 15 is 0 Å². The Labute approximate surface area is 178 Å². The SMILES string of the molecule is CCOc1ccc(-c2noc(CCC(=O)N[C@]3(CO)C[C@H](C)CC(C)(C)C3)n2)cc1. The van der Waals surface area contributed by atoms with Crippen molar-refractivity contribution in [2.24, 2.45) is 11.3 Å². The largest absolute Gasteiger partial charge is 0.494 e. The fraction of sp³-hybridized carbons (Fsp3) is 0.609. The van der Waals surface area contributed by atoms with Crippen molar-refractivity contribution in [3.8, 4) is 17.1 Å². The van der Waals surface area contributed by atoms with Gasteiger partial charge in [0, 0.05) is 18.4 Å². The van der Waals surface area contributed by atoms with Crippen molar-refractivity contribution in [3.05, 3.63) is 30.2 Å². The summed E-state index contributed by atoms with van der Waals surface area (Å²) in [5.41, 5.74) is 0.364. The number of rotatable bonds is 8. The third kappa shape index (κ3) is 5.59. The number of hydrogen-bond acceptors (Lipinski definition) is 6. The highest BCUT2D eigenvalue weighted by atomic mass is 16.5. The Kier molecular flexibility index (Phi) is 6.81. The van der Waals surface area contributed by atoms with Crippen LogP contribution in [-0.2, 0) is 11.2 Å². The number of benzene rings is 1. The summed E-state index contributed by atoms with van der Waals surface area (Å²) in [5.74, 6) is 2.05. The Morgan fingerprint density at radius 2 is 2.03 bits per heavy atom. The zero-order valence-electron chi connectivity index (χ0n) is 18.4. The van der Waals surface area contributed by atoms with Gasteiger partial charge >= 0.3 is 0 Å². The van der Waals surface area contributed by atoms with Gasteiger partial charge in [0.15, 0.2) is 0 Å². The Morgan fingerprint density at radius 1 is 1.30 bits per heavy atom. The Bertz CT molecular complexity index is 846. The number of aromatic nitrogens is 2. The summed E-state index contributed by atoms with van der Waals surface area (Å²) >= 11 is 0. The van der Waals surface area contributed by atoms with Crippen LogP contribution in [0.2, 0.25) is 0 Å². The second-order valence-electron chi connectivity index (χ2n) is 9.31. The van der Waals surface area contributed by atoms with Crippen LogP contribution in [0, 0.1) is 11.3 Å². The zero-order valence-corrected chi connectivity index (χ0v) is 18.4. The Hall–Kier alpha value is -2.41. The number of aliphatic hydroxyl groups is 1. The topological polar surface area (TPSA) is 97.5 Å². The van der Waals surface area contributed by atoms with Crippen molar-refractivity contribution in [1.82, 2.24) is 15.5 Å². The van der Waals surface area contributed by atoms with Crippen LogP contribution < -0.4 is 10.1 Å². The maximum Gasteiger partial charge on any atom is 0.227 e. The fourth-order valence-electron chi connectivity index (χ4n) is 4.92. The van der Waals surface area contributed by atoms with Gasteiger partial charge in [-0.1, -0.05) is 25.9 Å². The van der Waals surface area contributed by atoms with E-state index < -0.39 is 5.54 Å². The summed E-state index contributed by atoms with van der Waals surface area (Å²) in [7, 11) is 0. The predicted octanol–water partition coefficient (Wildman–Crippen LogP) is 3.76. The van der Waals surface area contributed by atoms with E-state index in [0.717, 1.165) is 30.6 Å². The van der Waals surface area contributed by atoms with Crippen LogP contribution in [0.1, 0.15) is 59.3 Å². The van der Waals surface area contributed by atoms with E-state index in [2.05, 4.69) is 36.2 Å². The van der Waals surface area contributed by atoms with Gasteiger partial charge in [-0.15, -0.1) is 0 Å². The van der Waals surface area contributed by atoms with Gasteiger partial charge in [-0.2, -0.15) is 4.98 Å². The summed E-state index contributed by atoms with van der Waals surface area (Å²) in [6.07, 6.45) is 3.26. The minimum Gasteiger partial charge on any atom is -0.494 e. The van der Waals surface area contributed by atoms with Crippen LogP contribution in [0.25, 0.3) is 11.4 Å². The van der Waals surface area contributed by atoms with Gasteiger partial charge in [0.2, 0.25) is 17.6 Å². The first-order chi connectivity index (χ1) is 14.2. The fourth-order valence-corrected chi connectivity index (χ4v) is 4.92. The van der Waals surface area contributed by atoms with E-state index in [1.807, 2.05) is 31.2 Å². The molecule has 1 amide bonds. The third-order valence-electron chi connectivity index (χ3n) is 5.62. The molecular formula is C23H33N3O4. The molecule has 0 bridgehead atoms. The molecule has 1 aromatic carbocycles. The van der Waals surface area contributed by atoms with Crippen LogP contribution in [-0.4, -0.2) is 39.9 Å². The first-order valence-corrected chi connectivity index (χ1v) is 10.7. The Balaban J connectivity index is 1.57. The van der Waals surface area contributed by atoms with Gasteiger partial charge in [0.25, 0.3) is 0 Å². The van der Waals surface area contributed by atoms with Crippen LogP contribution in [0.15, 0.2) is 28.8 Å². The highest BCUT2D eigenvalue weighted by Gasteiger charge is 2.43. The number of aryl methyl sites for hydroxylation is 1. The van der Waals surface area contributed by atoms with E-state index in [9.17, 15) is 9.90 Å². The molecule has 1 aromatic heterocycles. The number of carbonyl (C=O) groups is 1. The number of hydrogen-bond donors (Lipinski definition) is 2. The standard InChI is InChI=1S/C23H33N3O4/c1-5-29-18-8-6-17(7-9-18)21-24-20(30-26-21)11-10-19(28)25-23(15-27)13-16(2)12-22(3,4)14-23/h6-9,16,27H,5,10-15H2,1-4H3,(H,25,28)/t16-,23-/m1/s1. The monoisotopic (exact) mass is 415 g/mol. The summed E-state index contributed by atoms with van der Waals surface area (Å²) in [6.45, 7) is 9.07. The number of nitrogens with zero attached hydrogens (tertiary/aromatic N) is 2. The van der Waals surface area contributed by atoms with Gasteiger partial charge in [-0.05, 0) is 61.8 Å². The lowest BCUT2D eigenvalue weighted by Crippen LogP contribution is -2.57. The lowest BCUT2D eigenvalue weighted by molar-refractivity contribution is -0.125. The molecule has 2 aromatic rings. The first kappa shape index (κ1) is 22.3. The minimum absolute atomic E-state index is 0.0467. The van der Waals surface area contributed by atoms with E-state index in [-0.39, 0.29) is 24.3 Å². The quantitative estimate of drug-likeness (QED) is 0.681. The second kappa shape index (κ2) is 9.16.